The molecule has 4 aromatic rings. The van der Waals surface area contributed by atoms with Gasteiger partial charge in [-0.2, -0.15) is 13.2 Å². The van der Waals surface area contributed by atoms with E-state index in [4.69, 9.17) is 4.74 Å². The summed E-state index contributed by atoms with van der Waals surface area (Å²) in [4.78, 5) is 16.3. The van der Waals surface area contributed by atoms with Gasteiger partial charge in [0.2, 0.25) is 0 Å². The molecule has 2 atom stereocenters. The summed E-state index contributed by atoms with van der Waals surface area (Å²) < 4.78 is 92.5. The number of anilines is 1. The zero-order valence-corrected chi connectivity index (χ0v) is 24.6. The fraction of sp³-hybridized carbons (Fsp3) is 0.286. The maximum Gasteiger partial charge on any atom is 0.418 e. The normalized spacial score (nSPS) is 17.3. The SMILES string of the molecule is O=C(N[C@@H]1CCC[C@H](Nc2nc(-c3cn(SI)c4c(F)cc(F)cc34)c(C(F)(F)F)cc2F)C1)OCc1ccccc1. The lowest BCUT2D eigenvalue weighted by Crippen LogP contribution is -2.42. The van der Waals surface area contributed by atoms with E-state index in [9.17, 15) is 26.7 Å². The number of fused-ring (bicyclic) bond motifs is 1. The summed E-state index contributed by atoms with van der Waals surface area (Å²) in [6.07, 6.45) is -2.22. The van der Waals surface area contributed by atoms with Crippen LogP contribution in [0.15, 0.2) is 54.7 Å². The minimum atomic E-state index is -5.00. The molecule has 0 aliphatic heterocycles. The van der Waals surface area contributed by atoms with Crippen molar-refractivity contribution in [3.05, 3.63) is 83.3 Å². The molecule has 1 aliphatic rings. The number of hydrogen-bond donors (Lipinski definition) is 2. The van der Waals surface area contributed by atoms with Crippen LogP contribution in [0.1, 0.15) is 36.8 Å². The Hall–Kier alpha value is -3.14. The van der Waals surface area contributed by atoms with Gasteiger partial charge in [0.15, 0.2) is 17.5 Å². The van der Waals surface area contributed by atoms with Crippen LogP contribution in [0, 0.1) is 17.5 Å². The van der Waals surface area contributed by atoms with Gasteiger partial charge >= 0.3 is 12.3 Å². The van der Waals surface area contributed by atoms with Gasteiger partial charge in [-0.15, -0.1) is 0 Å². The standard InChI is InChI=1S/C28H23F6IN4O2S/c29-16-9-19-20(13-39(42-35)25(19)22(30)10-16)24-21(28(32,33)34)12-23(31)26(38-24)36-17-7-4-8-18(11-17)37-27(40)41-14-15-5-2-1-3-6-15/h1-3,5-6,9-10,12-13,17-18H,4,7-8,11,14H2,(H,36,38)(H,37,40)/t17-,18+/m0/s1. The molecule has 2 N–H and O–H groups in total. The Morgan fingerprint density at radius 3 is 2.52 bits per heavy atom. The number of aromatic nitrogens is 2. The second kappa shape index (κ2) is 12.6. The zero-order chi connectivity index (χ0) is 30.0. The first kappa shape index (κ1) is 30.3. The Morgan fingerprint density at radius 2 is 1.81 bits per heavy atom. The minimum absolute atomic E-state index is 0.0881. The van der Waals surface area contributed by atoms with E-state index in [0.717, 1.165) is 20.7 Å². The number of alkyl halides is 3. The van der Waals surface area contributed by atoms with Gasteiger partial charge in [-0.25, -0.2) is 22.9 Å². The lowest BCUT2D eigenvalue weighted by atomic mass is 9.91. The van der Waals surface area contributed by atoms with Crippen molar-refractivity contribution < 1.29 is 35.9 Å². The van der Waals surface area contributed by atoms with Gasteiger partial charge in [-0.3, -0.25) is 3.97 Å². The largest absolute Gasteiger partial charge is 0.445 e. The van der Waals surface area contributed by atoms with Crippen LogP contribution < -0.4 is 10.6 Å². The van der Waals surface area contributed by atoms with Crippen molar-refractivity contribution in [2.75, 3.05) is 5.32 Å². The van der Waals surface area contributed by atoms with Crippen LogP contribution >= 0.6 is 30.3 Å². The van der Waals surface area contributed by atoms with Gasteiger partial charge in [0.25, 0.3) is 0 Å². The summed E-state index contributed by atoms with van der Waals surface area (Å²) >= 11 is 1.82. The Morgan fingerprint density at radius 1 is 1.07 bits per heavy atom. The number of benzene rings is 2. The lowest BCUT2D eigenvalue weighted by Gasteiger charge is -2.30. The fourth-order valence-electron chi connectivity index (χ4n) is 5.08. The summed E-state index contributed by atoms with van der Waals surface area (Å²) in [7, 11) is 0.971. The number of nitrogens with one attached hydrogen (secondary N) is 2. The minimum Gasteiger partial charge on any atom is -0.445 e. The average molecular weight is 720 g/mol. The van der Waals surface area contributed by atoms with Crippen LogP contribution in [0.4, 0.5) is 37.0 Å². The number of ether oxygens (including phenoxy) is 1. The van der Waals surface area contributed by atoms with Crippen LogP contribution in [-0.2, 0) is 17.5 Å². The highest BCUT2D eigenvalue weighted by Crippen LogP contribution is 2.43. The van der Waals surface area contributed by atoms with E-state index in [0.29, 0.717) is 37.8 Å². The highest BCUT2D eigenvalue weighted by Gasteiger charge is 2.37. The molecule has 1 amide bonds. The molecule has 42 heavy (non-hydrogen) atoms. The summed E-state index contributed by atoms with van der Waals surface area (Å²) in [6.45, 7) is 0.0881. The zero-order valence-electron chi connectivity index (χ0n) is 21.7. The number of amides is 1. The fourth-order valence-corrected chi connectivity index (χ4v) is 6.41. The smallest absolute Gasteiger partial charge is 0.418 e. The third-order valence-electron chi connectivity index (χ3n) is 6.95. The first-order valence-corrected chi connectivity index (χ1v) is 16.2. The van der Waals surface area contributed by atoms with E-state index in [1.165, 1.54) is 10.2 Å². The number of nitrogens with zero attached hydrogens (tertiary/aromatic N) is 2. The number of halogens is 7. The van der Waals surface area contributed by atoms with Crippen molar-refractivity contribution in [2.24, 2.45) is 0 Å². The van der Waals surface area contributed by atoms with Crippen molar-refractivity contribution in [3.8, 4) is 11.3 Å². The van der Waals surface area contributed by atoms with Gasteiger partial charge in [0.1, 0.15) is 12.4 Å². The summed E-state index contributed by atoms with van der Waals surface area (Å²) in [6, 6.07) is 10.3. The van der Waals surface area contributed by atoms with Crippen molar-refractivity contribution in [1.82, 2.24) is 14.3 Å². The van der Waals surface area contributed by atoms with E-state index in [-0.39, 0.29) is 29.1 Å². The van der Waals surface area contributed by atoms with Gasteiger partial charge in [0.05, 0.1) is 16.8 Å². The maximum absolute atomic E-state index is 15.1. The van der Waals surface area contributed by atoms with E-state index < -0.39 is 52.8 Å². The predicted octanol–water partition coefficient (Wildman–Crippen LogP) is 8.64. The molecule has 1 fully saturated rings. The molecule has 0 bridgehead atoms. The molecule has 1 aliphatic carbocycles. The molecule has 0 unspecified atom stereocenters. The molecule has 14 heteroatoms. The Kier molecular flexibility index (Phi) is 9.11. The number of carbonyl (C=O) groups excluding carboxylic acids is 1. The van der Waals surface area contributed by atoms with Gasteiger partial charge < -0.3 is 15.4 Å². The third kappa shape index (κ3) is 6.74. The van der Waals surface area contributed by atoms with E-state index in [1.807, 2.05) is 51.5 Å². The van der Waals surface area contributed by atoms with Crippen molar-refractivity contribution in [3.63, 3.8) is 0 Å². The van der Waals surface area contributed by atoms with Gasteiger partial charge in [-0.1, -0.05) is 30.3 Å². The second-order valence-electron chi connectivity index (χ2n) is 9.84. The van der Waals surface area contributed by atoms with Crippen LogP contribution in [-0.4, -0.2) is 27.1 Å². The molecule has 0 spiro atoms. The number of pyridine rings is 1. The molecule has 1 saturated carbocycles. The van der Waals surface area contributed by atoms with Crippen molar-refractivity contribution in [1.29, 1.82) is 0 Å². The quantitative estimate of drug-likeness (QED) is 0.148. The number of hydrogen-bond acceptors (Lipinski definition) is 5. The molecule has 222 valence electrons. The van der Waals surface area contributed by atoms with E-state index in [2.05, 4.69) is 15.6 Å². The molecule has 2 aromatic heterocycles. The second-order valence-corrected chi connectivity index (χ2v) is 11.6. The molecule has 6 nitrogen and oxygen atoms in total. The molecule has 5 rings (SSSR count). The van der Waals surface area contributed by atoms with E-state index in [1.54, 1.807) is 0 Å². The summed E-state index contributed by atoms with van der Waals surface area (Å²) in [5, 5.41) is 5.53. The number of carbonyl (C=O) groups is 1. The van der Waals surface area contributed by atoms with Crippen LogP contribution in [0.25, 0.3) is 22.2 Å². The molecule has 2 heterocycles. The lowest BCUT2D eigenvalue weighted by molar-refractivity contribution is -0.137. The van der Waals surface area contributed by atoms with Crippen molar-refractivity contribution in [2.45, 2.75) is 50.6 Å². The maximum atomic E-state index is 15.1. The molecule has 2 aromatic carbocycles. The average Bonchev–Trinajstić information content (AvgIpc) is 3.32. The first-order chi connectivity index (χ1) is 20.0. The Balaban J connectivity index is 1.39. The third-order valence-corrected chi connectivity index (χ3v) is 8.66. The molecular weight excluding hydrogens is 697 g/mol. The molecule has 0 saturated heterocycles. The first-order valence-electron chi connectivity index (χ1n) is 12.8. The summed E-state index contributed by atoms with van der Waals surface area (Å²) in [5.41, 5.74) is -1.55. The van der Waals surface area contributed by atoms with Crippen LogP contribution in [0.2, 0.25) is 0 Å². The topological polar surface area (TPSA) is 68.2 Å². The van der Waals surface area contributed by atoms with E-state index >= 15 is 4.39 Å². The number of rotatable bonds is 7. The van der Waals surface area contributed by atoms with Crippen LogP contribution in [0.3, 0.4) is 0 Å². The molecule has 0 radical (unpaired) electrons. The summed E-state index contributed by atoms with van der Waals surface area (Å²) in [5.74, 6) is -3.60. The molecular formula is C28H23F6IN4O2S. The van der Waals surface area contributed by atoms with Gasteiger partial charge in [-0.05, 0) is 43.4 Å². The predicted molar refractivity (Wildman–Crippen MR) is 156 cm³/mol. The van der Waals surface area contributed by atoms with Gasteiger partial charge in [0, 0.05) is 65.6 Å². The van der Waals surface area contributed by atoms with Crippen molar-refractivity contribution >= 4 is 53.1 Å². The number of alkyl carbamates (subject to hydrolysis) is 1. The van der Waals surface area contributed by atoms with Crippen LogP contribution in [0.5, 0.6) is 0 Å². The highest BCUT2D eigenvalue weighted by molar-refractivity contribution is 14.2. The monoisotopic (exact) mass is 720 g/mol. The Bertz CT molecular complexity index is 1600. The Labute approximate surface area is 252 Å². The highest BCUT2D eigenvalue weighted by atomic mass is 127.